The van der Waals surface area contributed by atoms with Crippen molar-refractivity contribution in [2.45, 2.75) is 0 Å². The summed E-state index contributed by atoms with van der Waals surface area (Å²) in [5.41, 5.74) is 7.39. The minimum atomic E-state index is 1.19. The lowest BCUT2D eigenvalue weighted by Gasteiger charge is -2.23. The number of aromatic nitrogens is 1. The molecule has 0 aliphatic heterocycles. The third-order valence-corrected chi connectivity index (χ3v) is 5.63. The quantitative estimate of drug-likeness (QED) is 0.344. The van der Waals surface area contributed by atoms with Crippen LogP contribution in [-0.2, 0) is 7.05 Å². The molecule has 1 aromatic heterocycles. The smallest absolute Gasteiger partial charge is 0.0490 e. The lowest BCUT2D eigenvalue weighted by atomic mass is 10.0. The molecule has 2 nitrogen and oxygen atoms in total. The van der Waals surface area contributed by atoms with Crippen molar-refractivity contribution in [3.05, 3.63) is 97.1 Å². The molecule has 0 aliphatic carbocycles. The van der Waals surface area contributed by atoms with Gasteiger partial charge in [0.05, 0.1) is 0 Å². The monoisotopic (exact) mass is 362 g/mol. The number of anilines is 2. The van der Waals surface area contributed by atoms with Crippen molar-refractivity contribution in [1.82, 2.24) is 4.57 Å². The van der Waals surface area contributed by atoms with E-state index in [1.807, 2.05) is 0 Å². The summed E-state index contributed by atoms with van der Waals surface area (Å²) in [4.78, 5) is 2.28. The van der Waals surface area contributed by atoms with Gasteiger partial charge >= 0.3 is 0 Å². The molecule has 28 heavy (non-hydrogen) atoms. The molecular weight excluding hydrogens is 340 g/mol. The van der Waals surface area contributed by atoms with Gasteiger partial charge in [-0.3, -0.25) is 0 Å². The largest absolute Gasteiger partial charge is 0.344 e. The van der Waals surface area contributed by atoms with Crippen LogP contribution in [0.2, 0.25) is 0 Å². The van der Waals surface area contributed by atoms with Gasteiger partial charge in [0.15, 0.2) is 0 Å². The molecule has 0 unspecified atom stereocenters. The Kier molecular flexibility index (Phi) is 3.91. The first-order valence-electron chi connectivity index (χ1n) is 9.59. The maximum atomic E-state index is 2.30. The minimum Gasteiger partial charge on any atom is -0.344 e. The van der Waals surface area contributed by atoms with Crippen molar-refractivity contribution in [2.24, 2.45) is 7.05 Å². The maximum Gasteiger partial charge on any atom is 0.0490 e. The van der Waals surface area contributed by atoms with Crippen molar-refractivity contribution in [1.29, 1.82) is 0 Å². The van der Waals surface area contributed by atoms with Crippen molar-refractivity contribution in [2.75, 3.05) is 11.9 Å². The third-order valence-electron chi connectivity index (χ3n) is 5.63. The molecule has 2 heteroatoms. The van der Waals surface area contributed by atoms with Crippen LogP contribution in [0.5, 0.6) is 0 Å². The average molecular weight is 362 g/mol. The molecule has 0 N–H and O–H groups in total. The van der Waals surface area contributed by atoms with Crippen molar-refractivity contribution in [3.63, 3.8) is 0 Å². The van der Waals surface area contributed by atoms with Crippen molar-refractivity contribution >= 4 is 33.2 Å². The van der Waals surface area contributed by atoms with Gasteiger partial charge in [0.1, 0.15) is 0 Å². The Morgan fingerprint density at radius 2 is 1.32 bits per heavy atom. The van der Waals surface area contributed by atoms with Gasteiger partial charge in [-0.25, -0.2) is 0 Å². The van der Waals surface area contributed by atoms with E-state index in [4.69, 9.17) is 0 Å². The fourth-order valence-electron chi connectivity index (χ4n) is 4.13. The Morgan fingerprint density at radius 1 is 0.643 bits per heavy atom. The first-order chi connectivity index (χ1) is 13.7. The topological polar surface area (TPSA) is 8.17 Å². The molecule has 0 bridgehead atoms. The Hall–Kier alpha value is -3.52. The van der Waals surface area contributed by atoms with Gasteiger partial charge in [0.25, 0.3) is 0 Å². The molecule has 4 aromatic carbocycles. The molecule has 0 aliphatic rings. The summed E-state index contributed by atoms with van der Waals surface area (Å²) < 4.78 is 2.27. The third kappa shape index (κ3) is 2.57. The Labute approximate surface area is 165 Å². The molecule has 5 rings (SSSR count). The van der Waals surface area contributed by atoms with Gasteiger partial charge in [0.2, 0.25) is 0 Å². The van der Waals surface area contributed by atoms with E-state index in [9.17, 15) is 0 Å². The van der Waals surface area contributed by atoms with E-state index in [0.29, 0.717) is 0 Å². The van der Waals surface area contributed by atoms with Crippen LogP contribution in [0.1, 0.15) is 0 Å². The lowest BCUT2D eigenvalue weighted by Crippen LogP contribution is -2.10. The van der Waals surface area contributed by atoms with Crippen LogP contribution in [-0.4, -0.2) is 11.6 Å². The SMILES string of the molecule is CN(c1ccc2c(c1)c1ccccc1n2C)c1ccccc1-c1ccccc1. The van der Waals surface area contributed by atoms with E-state index in [1.165, 1.54) is 44.3 Å². The summed E-state index contributed by atoms with van der Waals surface area (Å²) in [7, 11) is 4.28. The number of hydrogen-bond acceptors (Lipinski definition) is 1. The Balaban J connectivity index is 1.66. The molecule has 0 fully saturated rings. The Morgan fingerprint density at radius 3 is 2.18 bits per heavy atom. The van der Waals surface area contributed by atoms with E-state index in [0.717, 1.165) is 0 Å². The predicted molar refractivity (Wildman–Crippen MR) is 120 cm³/mol. The van der Waals surface area contributed by atoms with Gasteiger partial charge < -0.3 is 9.47 Å². The summed E-state index contributed by atoms with van der Waals surface area (Å²) in [6.45, 7) is 0. The van der Waals surface area contributed by atoms with Crippen molar-refractivity contribution in [3.8, 4) is 11.1 Å². The van der Waals surface area contributed by atoms with Crippen molar-refractivity contribution < 1.29 is 0 Å². The number of fused-ring (bicyclic) bond motifs is 3. The Bertz CT molecular complexity index is 1280. The minimum absolute atomic E-state index is 1.19. The highest BCUT2D eigenvalue weighted by atomic mass is 15.1. The van der Waals surface area contributed by atoms with Gasteiger partial charge in [0, 0.05) is 52.8 Å². The molecule has 0 spiro atoms. The molecule has 136 valence electrons. The first kappa shape index (κ1) is 16.6. The normalized spacial score (nSPS) is 11.2. The molecule has 0 amide bonds. The zero-order chi connectivity index (χ0) is 19.1. The molecule has 0 radical (unpaired) electrons. The summed E-state index contributed by atoms with van der Waals surface area (Å²) >= 11 is 0. The summed E-state index contributed by atoms with van der Waals surface area (Å²) in [5, 5.41) is 2.59. The fraction of sp³-hybridized carbons (Fsp3) is 0.0769. The predicted octanol–water partition coefficient (Wildman–Crippen LogP) is 6.77. The van der Waals surface area contributed by atoms with E-state index < -0.39 is 0 Å². The number of benzene rings is 4. The second kappa shape index (κ2) is 6.58. The summed E-state index contributed by atoms with van der Waals surface area (Å²) in [6, 6.07) is 34.5. The van der Waals surface area contributed by atoms with Gasteiger partial charge in [-0.2, -0.15) is 0 Å². The van der Waals surface area contributed by atoms with Gasteiger partial charge in [-0.05, 0) is 35.9 Å². The number of hydrogen-bond donors (Lipinski definition) is 0. The summed E-state index contributed by atoms with van der Waals surface area (Å²) in [6.07, 6.45) is 0. The molecule has 0 saturated heterocycles. The maximum absolute atomic E-state index is 2.30. The zero-order valence-electron chi connectivity index (χ0n) is 16.1. The number of rotatable bonds is 3. The highest BCUT2D eigenvalue weighted by Crippen LogP contribution is 2.36. The average Bonchev–Trinajstić information content (AvgIpc) is 3.06. The van der Waals surface area contributed by atoms with Crippen LogP contribution in [0.15, 0.2) is 97.1 Å². The van der Waals surface area contributed by atoms with E-state index in [2.05, 4.69) is 121 Å². The number of aryl methyl sites for hydroxylation is 1. The van der Waals surface area contributed by atoms with E-state index in [-0.39, 0.29) is 0 Å². The fourth-order valence-corrected chi connectivity index (χ4v) is 4.13. The van der Waals surface area contributed by atoms with Crippen LogP contribution in [0.3, 0.4) is 0 Å². The highest BCUT2D eigenvalue weighted by molar-refractivity contribution is 6.09. The van der Waals surface area contributed by atoms with Crippen LogP contribution < -0.4 is 4.90 Å². The molecule has 5 aromatic rings. The van der Waals surface area contributed by atoms with Crippen LogP contribution in [0, 0.1) is 0 Å². The number of para-hydroxylation sites is 2. The van der Waals surface area contributed by atoms with Gasteiger partial charge in [-0.1, -0.05) is 66.7 Å². The molecule has 1 heterocycles. The molecule has 0 atom stereocenters. The van der Waals surface area contributed by atoms with Crippen LogP contribution in [0.25, 0.3) is 32.9 Å². The lowest BCUT2D eigenvalue weighted by molar-refractivity contribution is 1.01. The number of nitrogens with zero attached hydrogens (tertiary/aromatic N) is 2. The molecule has 0 saturated carbocycles. The van der Waals surface area contributed by atoms with Crippen LogP contribution >= 0.6 is 0 Å². The zero-order valence-corrected chi connectivity index (χ0v) is 16.1. The standard InChI is InChI=1S/C26H22N2/c1-27(24-14-8-6-12-21(24)19-10-4-3-5-11-19)20-16-17-26-23(18-20)22-13-7-9-15-25(22)28(26)2/h3-18H,1-2H3. The first-order valence-corrected chi connectivity index (χ1v) is 9.59. The van der Waals surface area contributed by atoms with Gasteiger partial charge in [-0.15, -0.1) is 0 Å². The van der Waals surface area contributed by atoms with Crippen LogP contribution in [0.4, 0.5) is 11.4 Å². The second-order valence-electron chi connectivity index (χ2n) is 7.22. The summed E-state index contributed by atoms with van der Waals surface area (Å²) in [5.74, 6) is 0. The van der Waals surface area contributed by atoms with E-state index >= 15 is 0 Å². The second-order valence-corrected chi connectivity index (χ2v) is 7.22. The highest BCUT2D eigenvalue weighted by Gasteiger charge is 2.13. The van der Waals surface area contributed by atoms with E-state index in [1.54, 1.807) is 0 Å². The molecular formula is C26H22N2.